The van der Waals surface area contributed by atoms with Crippen molar-refractivity contribution in [2.45, 2.75) is 37.8 Å². The van der Waals surface area contributed by atoms with Crippen LogP contribution in [0.2, 0.25) is 0 Å². The van der Waals surface area contributed by atoms with Crippen molar-refractivity contribution in [3.63, 3.8) is 0 Å². The second-order valence-electron chi connectivity index (χ2n) is 7.42. The Balaban J connectivity index is 1.40. The molecule has 0 aromatic heterocycles. The molecule has 3 aliphatic rings. The van der Waals surface area contributed by atoms with Crippen molar-refractivity contribution in [2.75, 3.05) is 26.2 Å². The monoisotopic (exact) mass is 342 g/mol. The van der Waals surface area contributed by atoms with Gasteiger partial charge in [-0.3, -0.25) is 0 Å². The first kappa shape index (κ1) is 16.2. The van der Waals surface area contributed by atoms with Crippen LogP contribution >= 0.6 is 0 Å². The Labute approximate surface area is 148 Å². The quantitative estimate of drug-likeness (QED) is 0.882. The van der Waals surface area contributed by atoms with E-state index in [0.717, 1.165) is 12.3 Å². The third kappa shape index (κ3) is 3.43. The highest BCUT2D eigenvalue weighted by atomic mass is 16.2. The summed E-state index contributed by atoms with van der Waals surface area (Å²) in [4.78, 5) is 28.2. The van der Waals surface area contributed by atoms with Crippen LogP contribution < -0.4 is 10.6 Å². The second-order valence-corrected chi connectivity index (χ2v) is 7.42. The van der Waals surface area contributed by atoms with Crippen LogP contribution in [0.1, 0.15) is 37.3 Å². The van der Waals surface area contributed by atoms with Gasteiger partial charge in [0.1, 0.15) is 0 Å². The Kier molecular flexibility index (Phi) is 4.51. The lowest BCUT2D eigenvalue weighted by Gasteiger charge is -2.38. The van der Waals surface area contributed by atoms with E-state index in [-0.39, 0.29) is 24.1 Å². The van der Waals surface area contributed by atoms with Gasteiger partial charge in [-0.15, -0.1) is 0 Å². The van der Waals surface area contributed by atoms with Gasteiger partial charge in [0, 0.05) is 26.2 Å². The van der Waals surface area contributed by atoms with Crippen molar-refractivity contribution in [1.29, 1.82) is 0 Å². The van der Waals surface area contributed by atoms with Crippen molar-refractivity contribution in [1.82, 2.24) is 20.4 Å². The molecule has 2 saturated heterocycles. The van der Waals surface area contributed by atoms with Gasteiger partial charge in [-0.25, -0.2) is 9.59 Å². The van der Waals surface area contributed by atoms with Gasteiger partial charge in [0.15, 0.2) is 0 Å². The summed E-state index contributed by atoms with van der Waals surface area (Å²) >= 11 is 0. The zero-order chi connectivity index (χ0) is 17.2. The van der Waals surface area contributed by atoms with Crippen LogP contribution in [0.5, 0.6) is 0 Å². The molecular weight excluding hydrogens is 316 g/mol. The molecule has 0 bridgehead atoms. The van der Waals surface area contributed by atoms with Gasteiger partial charge in [-0.05, 0) is 17.9 Å². The SMILES string of the molecule is O=C(N[C@@H](CC1CCC1)c1ccccc1)N1CCN2C(=O)NC[C@@H]2C1. The summed E-state index contributed by atoms with van der Waals surface area (Å²) in [6.07, 6.45) is 4.87. The van der Waals surface area contributed by atoms with E-state index < -0.39 is 0 Å². The van der Waals surface area contributed by atoms with Crippen molar-refractivity contribution in [2.24, 2.45) is 5.92 Å². The molecule has 2 N–H and O–H groups in total. The van der Waals surface area contributed by atoms with E-state index in [1.54, 1.807) is 0 Å². The summed E-state index contributed by atoms with van der Waals surface area (Å²) in [6.45, 7) is 2.45. The minimum absolute atomic E-state index is 0.00259. The van der Waals surface area contributed by atoms with E-state index in [1.807, 2.05) is 28.0 Å². The highest BCUT2D eigenvalue weighted by Gasteiger charge is 2.37. The Morgan fingerprint density at radius 3 is 2.76 bits per heavy atom. The normalized spacial score (nSPS) is 24.3. The van der Waals surface area contributed by atoms with Gasteiger partial charge < -0.3 is 20.4 Å². The zero-order valence-corrected chi connectivity index (χ0v) is 14.5. The number of benzene rings is 1. The summed E-state index contributed by atoms with van der Waals surface area (Å²) in [5, 5.41) is 6.11. The van der Waals surface area contributed by atoms with E-state index in [1.165, 1.54) is 24.8 Å². The maximum atomic E-state index is 12.8. The van der Waals surface area contributed by atoms with E-state index in [9.17, 15) is 9.59 Å². The summed E-state index contributed by atoms with van der Waals surface area (Å²) in [7, 11) is 0. The number of urea groups is 2. The minimum Gasteiger partial charge on any atom is -0.336 e. The molecule has 25 heavy (non-hydrogen) atoms. The average molecular weight is 342 g/mol. The molecule has 0 radical (unpaired) electrons. The maximum absolute atomic E-state index is 12.8. The van der Waals surface area contributed by atoms with E-state index in [4.69, 9.17) is 0 Å². The molecule has 3 fully saturated rings. The zero-order valence-electron chi connectivity index (χ0n) is 14.5. The van der Waals surface area contributed by atoms with Crippen LogP contribution in [0.4, 0.5) is 9.59 Å². The number of hydrogen-bond donors (Lipinski definition) is 2. The molecule has 2 atom stereocenters. The number of amides is 4. The topological polar surface area (TPSA) is 64.7 Å². The summed E-state index contributed by atoms with van der Waals surface area (Å²) in [5.74, 6) is 0.721. The van der Waals surface area contributed by atoms with E-state index >= 15 is 0 Å². The number of nitrogens with one attached hydrogen (secondary N) is 2. The van der Waals surface area contributed by atoms with Crippen LogP contribution in [0, 0.1) is 5.92 Å². The first-order chi connectivity index (χ1) is 12.2. The second kappa shape index (κ2) is 6.94. The third-order valence-electron chi connectivity index (χ3n) is 5.81. The summed E-state index contributed by atoms with van der Waals surface area (Å²) < 4.78 is 0. The molecule has 1 aliphatic carbocycles. The molecule has 0 unspecified atom stereocenters. The number of nitrogens with zero attached hydrogens (tertiary/aromatic N) is 2. The molecule has 6 heteroatoms. The number of piperazine rings is 1. The predicted octanol–water partition coefficient (Wildman–Crippen LogP) is 2.34. The minimum atomic E-state index is -0.00724. The lowest BCUT2D eigenvalue weighted by atomic mass is 9.79. The van der Waals surface area contributed by atoms with Crippen molar-refractivity contribution in [3.05, 3.63) is 35.9 Å². The number of carbonyl (C=O) groups is 2. The van der Waals surface area contributed by atoms with Gasteiger partial charge in [-0.1, -0.05) is 49.6 Å². The van der Waals surface area contributed by atoms with Crippen LogP contribution in [0.3, 0.4) is 0 Å². The smallest absolute Gasteiger partial charge is 0.318 e. The molecule has 6 nitrogen and oxygen atoms in total. The van der Waals surface area contributed by atoms with Gasteiger partial charge in [0.25, 0.3) is 0 Å². The number of fused-ring (bicyclic) bond motifs is 1. The lowest BCUT2D eigenvalue weighted by Crippen LogP contribution is -2.56. The molecule has 2 heterocycles. The van der Waals surface area contributed by atoms with E-state index in [0.29, 0.717) is 26.2 Å². The maximum Gasteiger partial charge on any atom is 0.318 e. The molecule has 0 spiro atoms. The lowest BCUT2D eigenvalue weighted by molar-refractivity contribution is 0.126. The first-order valence-electron chi connectivity index (χ1n) is 9.35. The molecule has 2 aliphatic heterocycles. The third-order valence-corrected chi connectivity index (χ3v) is 5.81. The molecule has 1 saturated carbocycles. The Morgan fingerprint density at radius 1 is 1.24 bits per heavy atom. The van der Waals surface area contributed by atoms with Crippen molar-refractivity contribution in [3.8, 4) is 0 Å². The molecule has 1 aromatic rings. The largest absolute Gasteiger partial charge is 0.336 e. The van der Waals surface area contributed by atoms with Gasteiger partial charge in [-0.2, -0.15) is 0 Å². The van der Waals surface area contributed by atoms with Crippen LogP contribution in [-0.4, -0.2) is 54.1 Å². The molecule has 1 aromatic carbocycles. The molecular formula is C19H26N4O2. The number of rotatable bonds is 4. The van der Waals surface area contributed by atoms with Crippen LogP contribution in [0.25, 0.3) is 0 Å². The summed E-state index contributed by atoms with van der Waals surface area (Å²) in [6, 6.07) is 10.4. The average Bonchev–Trinajstić information content (AvgIpc) is 2.98. The Bertz CT molecular complexity index is 632. The first-order valence-corrected chi connectivity index (χ1v) is 9.35. The fourth-order valence-electron chi connectivity index (χ4n) is 4.05. The number of hydrogen-bond acceptors (Lipinski definition) is 2. The van der Waals surface area contributed by atoms with Gasteiger partial charge in [0.05, 0.1) is 12.1 Å². The number of carbonyl (C=O) groups excluding carboxylic acids is 2. The fourth-order valence-corrected chi connectivity index (χ4v) is 4.05. The molecule has 4 rings (SSSR count). The highest BCUT2D eigenvalue weighted by Crippen LogP contribution is 2.34. The van der Waals surface area contributed by atoms with Crippen molar-refractivity contribution < 1.29 is 9.59 Å². The predicted molar refractivity (Wildman–Crippen MR) is 95.1 cm³/mol. The Hall–Kier alpha value is -2.24. The highest BCUT2D eigenvalue weighted by molar-refractivity contribution is 5.79. The van der Waals surface area contributed by atoms with Crippen molar-refractivity contribution >= 4 is 12.1 Å². The standard InChI is InChI=1S/C19H26N4O2/c24-18-20-12-16-13-22(9-10-23(16)18)19(25)21-17(11-14-5-4-6-14)15-7-2-1-3-8-15/h1-3,7-8,14,16-17H,4-6,9-13H2,(H,20,24)(H,21,25)/t16-,17+/m1/s1. The molecule has 4 amide bonds. The van der Waals surface area contributed by atoms with E-state index in [2.05, 4.69) is 22.8 Å². The van der Waals surface area contributed by atoms with Crippen LogP contribution in [0.15, 0.2) is 30.3 Å². The van der Waals surface area contributed by atoms with Crippen LogP contribution in [-0.2, 0) is 0 Å². The molecule has 134 valence electrons. The summed E-state index contributed by atoms with van der Waals surface area (Å²) in [5.41, 5.74) is 1.18. The fraction of sp³-hybridized carbons (Fsp3) is 0.579. The Morgan fingerprint density at radius 2 is 2.04 bits per heavy atom. The van der Waals surface area contributed by atoms with Gasteiger partial charge >= 0.3 is 12.1 Å². The van der Waals surface area contributed by atoms with Gasteiger partial charge in [0.2, 0.25) is 0 Å².